The van der Waals surface area contributed by atoms with Crippen LogP contribution >= 0.6 is 0 Å². The van der Waals surface area contributed by atoms with E-state index in [-0.39, 0.29) is 0 Å². The van der Waals surface area contributed by atoms with E-state index in [1.54, 1.807) is 0 Å². The third-order valence-electron chi connectivity index (χ3n) is 3.81. The number of aryl methyl sites for hydroxylation is 2. The van der Waals surface area contributed by atoms with Crippen molar-refractivity contribution in [3.05, 3.63) is 89.5 Å². The molecule has 0 saturated heterocycles. The van der Waals surface area contributed by atoms with E-state index in [4.69, 9.17) is 0 Å². The predicted molar refractivity (Wildman–Crippen MR) is 95.1 cm³/mol. The summed E-state index contributed by atoms with van der Waals surface area (Å²) in [6.07, 6.45) is 4.02. The van der Waals surface area contributed by atoms with Crippen molar-refractivity contribution in [2.45, 2.75) is 20.8 Å². The molecule has 2 aromatic rings. The van der Waals surface area contributed by atoms with E-state index in [9.17, 15) is 0 Å². The van der Waals surface area contributed by atoms with Gasteiger partial charge in [0, 0.05) is 0 Å². The molecule has 0 unspecified atom stereocenters. The molecular weight excluding hydrogens is 252 g/mol. The topological polar surface area (TPSA) is 0 Å². The van der Waals surface area contributed by atoms with Crippen LogP contribution in [0.15, 0.2) is 61.7 Å². The molecule has 2 rings (SSSR count). The number of hydrogen-bond acceptors (Lipinski definition) is 0. The smallest absolute Gasteiger partial charge is 0.0154 e. The summed E-state index contributed by atoms with van der Waals surface area (Å²) in [7, 11) is 0. The second kappa shape index (κ2) is 6.41. The number of allylic oxidation sites excluding steroid dienone is 3. The van der Waals surface area contributed by atoms with Crippen molar-refractivity contribution in [2.24, 2.45) is 0 Å². The monoisotopic (exact) mass is 274 g/mol. The van der Waals surface area contributed by atoms with Crippen LogP contribution in [0.2, 0.25) is 0 Å². The lowest BCUT2D eigenvalue weighted by molar-refractivity contribution is 1.42. The second-order valence-corrected chi connectivity index (χ2v) is 5.32. The van der Waals surface area contributed by atoms with Crippen molar-refractivity contribution >= 4 is 17.2 Å². The first-order chi connectivity index (χ1) is 10.1. The molecule has 0 aliphatic rings. The van der Waals surface area contributed by atoms with Crippen LogP contribution < -0.4 is 0 Å². The van der Waals surface area contributed by atoms with Gasteiger partial charge in [0.1, 0.15) is 0 Å². The minimum absolute atomic E-state index is 1.06. The van der Waals surface area contributed by atoms with Gasteiger partial charge in [-0.15, -0.1) is 0 Å². The molecular formula is C21H22. The maximum absolute atomic E-state index is 4.29. The van der Waals surface area contributed by atoms with E-state index < -0.39 is 0 Å². The molecule has 0 N–H and O–H groups in total. The first kappa shape index (κ1) is 15.1. The quantitative estimate of drug-likeness (QED) is 0.594. The summed E-state index contributed by atoms with van der Waals surface area (Å²) in [5.41, 5.74) is 8.28. The Morgan fingerprint density at radius 3 is 2.10 bits per heavy atom. The summed E-state index contributed by atoms with van der Waals surface area (Å²) in [5, 5.41) is 0. The van der Waals surface area contributed by atoms with Gasteiger partial charge in [-0.25, -0.2) is 0 Å². The molecule has 0 heteroatoms. The van der Waals surface area contributed by atoms with Crippen LogP contribution in [0.25, 0.3) is 17.2 Å². The molecule has 0 aliphatic heterocycles. The Hall–Kier alpha value is -2.34. The molecule has 0 aromatic heterocycles. The van der Waals surface area contributed by atoms with Gasteiger partial charge in [-0.05, 0) is 54.2 Å². The lowest BCUT2D eigenvalue weighted by Crippen LogP contribution is -1.92. The maximum atomic E-state index is 4.29. The fourth-order valence-electron chi connectivity index (χ4n) is 2.50. The van der Waals surface area contributed by atoms with Crippen LogP contribution in [-0.4, -0.2) is 0 Å². The first-order valence-corrected chi connectivity index (χ1v) is 7.23. The predicted octanol–water partition coefficient (Wildman–Crippen LogP) is 6.06. The van der Waals surface area contributed by atoms with Crippen molar-refractivity contribution in [3.63, 3.8) is 0 Å². The zero-order chi connectivity index (χ0) is 15.4. The van der Waals surface area contributed by atoms with Gasteiger partial charge in [-0.3, -0.25) is 0 Å². The summed E-state index contributed by atoms with van der Waals surface area (Å²) in [6.45, 7) is 14.4. The zero-order valence-electron chi connectivity index (χ0n) is 13.1. The summed E-state index contributed by atoms with van der Waals surface area (Å²) in [5.74, 6) is 0. The molecule has 21 heavy (non-hydrogen) atoms. The van der Waals surface area contributed by atoms with Crippen molar-refractivity contribution in [1.29, 1.82) is 0 Å². The molecule has 2 aromatic carbocycles. The number of benzene rings is 2. The minimum Gasteiger partial charge on any atom is -0.0985 e. The highest BCUT2D eigenvalue weighted by Crippen LogP contribution is 2.31. The lowest BCUT2D eigenvalue weighted by Gasteiger charge is -2.13. The van der Waals surface area contributed by atoms with Gasteiger partial charge in [0.2, 0.25) is 0 Å². The van der Waals surface area contributed by atoms with Gasteiger partial charge in [0.05, 0.1) is 0 Å². The Morgan fingerprint density at radius 2 is 1.57 bits per heavy atom. The van der Waals surface area contributed by atoms with Gasteiger partial charge < -0.3 is 0 Å². The molecule has 0 bridgehead atoms. The van der Waals surface area contributed by atoms with Gasteiger partial charge in [0.15, 0.2) is 0 Å². The fourth-order valence-corrected chi connectivity index (χ4v) is 2.50. The molecule has 0 nitrogen and oxygen atoms in total. The molecule has 0 amide bonds. The first-order valence-electron chi connectivity index (χ1n) is 7.23. The van der Waals surface area contributed by atoms with Gasteiger partial charge in [-0.1, -0.05) is 73.3 Å². The molecule has 106 valence electrons. The normalized spacial score (nSPS) is 11.3. The van der Waals surface area contributed by atoms with Crippen LogP contribution in [0, 0.1) is 13.8 Å². The van der Waals surface area contributed by atoms with E-state index in [0.717, 1.165) is 5.57 Å². The van der Waals surface area contributed by atoms with E-state index >= 15 is 0 Å². The molecule has 0 fully saturated rings. The van der Waals surface area contributed by atoms with Crippen LogP contribution in [0.1, 0.15) is 34.7 Å². The highest BCUT2D eigenvalue weighted by molar-refractivity contribution is 6.04. The van der Waals surface area contributed by atoms with Crippen LogP contribution in [0.3, 0.4) is 0 Å². The van der Waals surface area contributed by atoms with E-state index in [1.807, 2.05) is 6.08 Å². The maximum Gasteiger partial charge on any atom is -0.0154 e. The molecule has 0 spiro atoms. The SMILES string of the molecule is C=Cc1ccc(C(=CC)C(=C)c2ccc(C)cc2)cc1C. The number of rotatable bonds is 4. The second-order valence-electron chi connectivity index (χ2n) is 5.32. The Kier molecular flexibility index (Phi) is 4.59. The highest BCUT2D eigenvalue weighted by Gasteiger charge is 2.08. The third-order valence-corrected chi connectivity index (χ3v) is 3.81. The summed E-state index contributed by atoms with van der Waals surface area (Å²) < 4.78 is 0. The average Bonchev–Trinajstić information content (AvgIpc) is 2.49. The highest BCUT2D eigenvalue weighted by atomic mass is 14.1. The molecule has 0 heterocycles. The fraction of sp³-hybridized carbons (Fsp3) is 0.143. The standard InChI is InChI=1S/C21H22/c1-6-18-12-13-20(14-16(18)4)21(7-2)17(5)19-10-8-15(3)9-11-19/h6-14H,1,5H2,2-4H3. The Morgan fingerprint density at radius 1 is 0.952 bits per heavy atom. The Balaban J connectivity index is 2.40. The van der Waals surface area contributed by atoms with Crippen molar-refractivity contribution in [3.8, 4) is 0 Å². The largest absolute Gasteiger partial charge is 0.0985 e. The molecule has 0 saturated carbocycles. The van der Waals surface area contributed by atoms with Gasteiger partial charge in [0.25, 0.3) is 0 Å². The Bertz CT molecular complexity index is 697. The summed E-state index contributed by atoms with van der Waals surface area (Å²) >= 11 is 0. The number of hydrogen-bond donors (Lipinski definition) is 0. The molecule has 0 aliphatic carbocycles. The third kappa shape index (κ3) is 3.22. The zero-order valence-corrected chi connectivity index (χ0v) is 13.1. The molecule has 0 radical (unpaired) electrons. The van der Waals surface area contributed by atoms with E-state index in [1.165, 1.54) is 33.4 Å². The molecule has 0 atom stereocenters. The van der Waals surface area contributed by atoms with Crippen LogP contribution in [0.4, 0.5) is 0 Å². The van der Waals surface area contributed by atoms with Gasteiger partial charge in [-0.2, -0.15) is 0 Å². The van der Waals surface area contributed by atoms with Crippen molar-refractivity contribution in [2.75, 3.05) is 0 Å². The average molecular weight is 274 g/mol. The van der Waals surface area contributed by atoms with E-state index in [2.05, 4.69) is 82.5 Å². The van der Waals surface area contributed by atoms with Crippen molar-refractivity contribution in [1.82, 2.24) is 0 Å². The van der Waals surface area contributed by atoms with Crippen molar-refractivity contribution < 1.29 is 0 Å². The van der Waals surface area contributed by atoms with Gasteiger partial charge >= 0.3 is 0 Å². The minimum atomic E-state index is 1.06. The Labute approximate surface area is 128 Å². The van der Waals surface area contributed by atoms with E-state index in [0.29, 0.717) is 0 Å². The summed E-state index contributed by atoms with van der Waals surface area (Å²) in [4.78, 5) is 0. The van der Waals surface area contributed by atoms with Crippen LogP contribution in [-0.2, 0) is 0 Å². The summed E-state index contributed by atoms with van der Waals surface area (Å²) in [6, 6.07) is 15.0. The van der Waals surface area contributed by atoms with Crippen LogP contribution in [0.5, 0.6) is 0 Å². The lowest BCUT2D eigenvalue weighted by atomic mass is 9.91.